The maximum absolute atomic E-state index is 12.0. The van der Waals surface area contributed by atoms with Crippen molar-refractivity contribution in [2.24, 2.45) is 0 Å². The quantitative estimate of drug-likeness (QED) is 0.553. The lowest BCUT2D eigenvalue weighted by atomic mass is 10.1. The van der Waals surface area contributed by atoms with E-state index >= 15 is 0 Å². The van der Waals surface area contributed by atoms with E-state index < -0.39 is 5.91 Å². The van der Waals surface area contributed by atoms with Crippen molar-refractivity contribution in [1.29, 1.82) is 10.5 Å². The van der Waals surface area contributed by atoms with Crippen LogP contribution in [0.4, 0.5) is 0 Å². The van der Waals surface area contributed by atoms with Crippen molar-refractivity contribution in [2.75, 3.05) is 0 Å². The van der Waals surface area contributed by atoms with Crippen LogP contribution >= 0.6 is 15.9 Å². The van der Waals surface area contributed by atoms with Crippen LogP contribution in [0.2, 0.25) is 0 Å². The van der Waals surface area contributed by atoms with Gasteiger partial charge in [-0.2, -0.15) is 10.5 Å². The van der Waals surface area contributed by atoms with E-state index in [1.807, 2.05) is 32.0 Å². The van der Waals surface area contributed by atoms with Crippen molar-refractivity contribution < 1.29 is 9.53 Å². The number of halogens is 1. The summed E-state index contributed by atoms with van der Waals surface area (Å²) in [6.45, 7) is 3.93. The van der Waals surface area contributed by atoms with E-state index in [1.54, 1.807) is 30.3 Å². The normalized spacial score (nSPS) is 10.8. The Kier molecular flexibility index (Phi) is 7.16. The Labute approximate surface area is 167 Å². The number of hydrogen-bond acceptors (Lipinski definition) is 4. The molecule has 6 heteroatoms. The minimum Gasteiger partial charge on any atom is -0.488 e. The topological polar surface area (TPSA) is 85.9 Å². The first-order valence-corrected chi connectivity index (χ1v) is 9.07. The molecular weight excluding hydrogens is 406 g/mol. The fourth-order valence-electron chi connectivity index (χ4n) is 2.29. The smallest absolute Gasteiger partial charge is 0.262 e. The van der Waals surface area contributed by atoms with Gasteiger partial charge in [-0.15, -0.1) is 0 Å². The Balaban J connectivity index is 2.15. The molecule has 1 amide bonds. The number of nitrogens with one attached hydrogen (secondary N) is 1. The van der Waals surface area contributed by atoms with E-state index in [0.29, 0.717) is 21.3 Å². The molecule has 2 aromatic rings. The average Bonchev–Trinajstić information content (AvgIpc) is 2.65. The van der Waals surface area contributed by atoms with Crippen LogP contribution in [0.3, 0.4) is 0 Å². The highest BCUT2D eigenvalue weighted by Gasteiger charge is 2.11. The van der Waals surface area contributed by atoms with Crippen molar-refractivity contribution in [1.82, 2.24) is 5.32 Å². The van der Waals surface area contributed by atoms with Crippen molar-refractivity contribution >= 4 is 27.9 Å². The average molecular weight is 424 g/mol. The van der Waals surface area contributed by atoms with Gasteiger partial charge in [-0.1, -0.05) is 24.3 Å². The minimum absolute atomic E-state index is 0.0345. The monoisotopic (exact) mass is 423 g/mol. The highest BCUT2D eigenvalue weighted by Crippen LogP contribution is 2.28. The summed E-state index contributed by atoms with van der Waals surface area (Å²) >= 11 is 3.44. The van der Waals surface area contributed by atoms with Crippen LogP contribution in [0.15, 0.2) is 52.5 Å². The molecule has 0 aromatic heterocycles. The van der Waals surface area contributed by atoms with Gasteiger partial charge in [0, 0.05) is 11.6 Å². The van der Waals surface area contributed by atoms with E-state index in [4.69, 9.17) is 10.00 Å². The molecule has 0 aliphatic heterocycles. The number of amides is 1. The lowest BCUT2D eigenvalue weighted by molar-refractivity contribution is -0.117. The third-order valence-corrected chi connectivity index (χ3v) is 4.19. The summed E-state index contributed by atoms with van der Waals surface area (Å²) in [5, 5.41) is 21.0. The van der Waals surface area contributed by atoms with Gasteiger partial charge in [0.1, 0.15) is 24.0 Å². The molecular formula is C21H18BrN3O2. The second-order valence-corrected chi connectivity index (χ2v) is 6.90. The standard InChI is InChI=1S/C21H18BrN3O2/c1-14(2)25-21(26)18(12-24)9-15-7-8-20(19(22)10-15)27-13-17-6-4-3-5-16(17)11-23/h3-10,14H,13H2,1-2H3,(H,25,26)/b18-9-. The first-order chi connectivity index (χ1) is 12.9. The van der Waals surface area contributed by atoms with E-state index in [0.717, 1.165) is 5.56 Å². The third kappa shape index (κ3) is 5.70. The number of nitrogens with zero attached hydrogens (tertiary/aromatic N) is 2. The van der Waals surface area contributed by atoms with Crippen LogP contribution in [0.5, 0.6) is 5.75 Å². The molecule has 0 unspecified atom stereocenters. The van der Waals surface area contributed by atoms with Crippen LogP contribution < -0.4 is 10.1 Å². The molecule has 0 radical (unpaired) electrons. The lowest BCUT2D eigenvalue weighted by Crippen LogP contribution is -2.30. The first-order valence-electron chi connectivity index (χ1n) is 8.27. The third-order valence-electron chi connectivity index (χ3n) is 3.57. The Hall–Kier alpha value is -3.09. The van der Waals surface area contributed by atoms with Gasteiger partial charge in [0.05, 0.1) is 16.1 Å². The van der Waals surface area contributed by atoms with Gasteiger partial charge in [-0.3, -0.25) is 4.79 Å². The molecule has 136 valence electrons. The van der Waals surface area contributed by atoms with Crippen molar-refractivity contribution in [3.63, 3.8) is 0 Å². The number of nitriles is 2. The summed E-state index contributed by atoms with van der Waals surface area (Å²) in [6.07, 6.45) is 1.53. The minimum atomic E-state index is -0.406. The summed E-state index contributed by atoms with van der Waals surface area (Å²) in [6, 6.07) is 16.5. The molecule has 0 heterocycles. The zero-order valence-corrected chi connectivity index (χ0v) is 16.6. The second kappa shape index (κ2) is 9.56. The van der Waals surface area contributed by atoms with Gasteiger partial charge in [-0.25, -0.2) is 0 Å². The predicted molar refractivity (Wildman–Crippen MR) is 106 cm³/mol. The molecule has 0 saturated heterocycles. The highest BCUT2D eigenvalue weighted by atomic mass is 79.9. The predicted octanol–water partition coefficient (Wildman–Crippen LogP) is 4.33. The highest BCUT2D eigenvalue weighted by molar-refractivity contribution is 9.10. The molecule has 0 spiro atoms. The second-order valence-electron chi connectivity index (χ2n) is 6.05. The SMILES string of the molecule is CC(C)NC(=O)/C(C#N)=C\c1ccc(OCc2ccccc2C#N)c(Br)c1. The van der Waals surface area contributed by atoms with E-state index in [-0.39, 0.29) is 18.2 Å². The molecule has 0 bridgehead atoms. The fraction of sp³-hybridized carbons (Fsp3) is 0.190. The molecule has 0 aliphatic carbocycles. The van der Waals surface area contributed by atoms with Crippen LogP contribution in [0.1, 0.15) is 30.5 Å². The molecule has 1 N–H and O–H groups in total. The number of benzene rings is 2. The van der Waals surface area contributed by atoms with Gasteiger partial charge in [0.2, 0.25) is 0 Å². The van der Waals surface area contributed by atoms with Gasteiger partial charge in [0.25, 0.3) is 5.91 Å². The zero-order chi connectivity index (χ0) is 19.8. The number of rotatable bonds is 6. The molecule has 2 rings (SSSR count). The maximum atomic E-state index is 12.0. The first kappa shape index (κ1) is 20.2. The number of hydrogen-bond donors (Lipinski definition) is 1. The van der Waals surface area contributed by atoms with Gasteiger partial charge >= 0.3 is 0 Å². The summed E-state index contributed by atoms with van der Waals surface area (Å²) in [5.41, 5.74) is 2.10. The van der Waals surface area contributed by atoms with E-state index in [9.17, 15) is 10.1 Å². The Bertz CT molecular complexity index is 953. The molecule has 5 nitrogen and oxygen atoms in total. The Morgan fingerprint density at radius 2 is 2.00 bits per heavy atom. The van der Waals surface area contributed by atoms with Gasteiger partial charge in [-0.05, 0) is 59.6 Å². The molecule has 0 aliphatic rings. The van der Waals surface area contributed by atoms with Crippen molar-refractivity contribution in [3.05, 3.63) is 69.2 Å². The molecule has 27 heavy (non-hydrogen) atoms. The van der Waals surface area contributed by atoms with Crippen molar-refractivity contribution in [2.45, 2.75) is 26.5 Å². The molecule has 0 atom stereocenters. The summed E-state index contributed by atoms with van der Waals surface area (Å²) < 4.78 is 6.48. The molecule has 0 fully saturated rings. The van der Waals surface area contributed by atoms with Crippen LogP contribution in [0.25, 0.3) is 6.08 Å². The van der Waals surface area contributed by atoms with Crippen LogP contribution in [-0.2, 0) is 11.4 Å². The number of carbonyl (C=O) groups excluding carboxylic acids is 1. The van der Waals surface area contributed by atoms with E-state index in [1.165, 1.54) is 6.08 Å². The summed E-state index contributed by atoms with van der Waals surface area (Å²) in [5.74, 6) is 0.196. The number of carbonyl (C=O) groups is 1. The van der Waals surface area contributed by atoms with Gasteiger partial charge < -0.3 is 10.1 Å². The summed E-state index contributed by atoms with van der Waals surface area (Å²) in [7, 11) is 0. The van der Waals surface area contributed by atoms with Gasteiger partial charge in [0.15, 0.2) is 0 Å². The largest absolute Gasteiger partial charge is 0.488 e. The maximum Gasteiger partial charge on any atom is 0.262 e. The van der Waals surface area contributed by atoms with Crippen LogP contribution in [-0.4, -0.2) is 11.9 Å². The summed E-state index contributed by atoms with van der Waals surface area (Å²) in [4.78, 5) is 12.0. The number of ether oxygens (including phenoxy) is 1. The fourth-order valence-corrected chi connectivity index (χ4v) is 2.80. The zero-order valence-electron chi connectivity index (χ0n) is 15.0. The van der Waals surface area contributed by atoms with Crippen molar-refractivity contribution in [3.8, 4) is 17.9 Å². The molecule has 0 saturated carbocycles. The Morgan fingerprint density at radius 3 is 2.63 bits per heavy atom. The van der Waals surface area contributed by atoms with Crippen LogP contribution in [0, 0.1) is 22.7 Å². The lowest BCUT2D eigenvalue weighted by Gasteiger charge is -2.10. The Morgan fingerprint density at radius 1 is 1.26 bits per heavy atom. The molecule has 2 aromatic carbocycles. The van der Waals surface area contributed by atoms with E-state index in [2.05, 4.69) is 27.3 Å².